The molecule has 0 aliphatic heterocycles. The molecule has 1 aromatic rings. The Morgan fingerprint density at radius 2 is 1.94 bits per heavy atom. The Bertz CT molecular complexity index is 319. The van der Waals surface area contributed by atoms with E-state index in [4.69, 9.17) is 0 Å². The van der Waals surface area contributed by atoms with Gasteiger partial charge in [-0.25, -0.2) is 0 Å². The first kappa shape index (κ1) is 13.0. The van der Waals surface area contributed by atoms with E-state index < -0.39 is 0 Å². The molecule has 2 heteroatoms. The molecule has 0 atom stereocenters. The summed E-state index contributed by atoms with van der Waals surface area (Å²) in [7, 11) is 0. The maximum Gasteiger partial charge on any atom is 0.0402 e. The minimum atomic E-state index is 0.560. The van der Waals surface area contributed by atoms with Gasteiger partial charge in [-0.05, 0) is 24.5 Å². The first-order chi connectivity index (χ1) is 7.65. The van der Waals surface area contributed by atoms with Crippen LogP contribution in [-0.4, -0.2) is 19.1 Å². The van der Waals surface area contributed by atoms with E-state index in [1.54, 1.807) is 0 Å². The molecule has 1 rings (SSSR count). The Kier molecular flexibility index (Phi) is 5.33. The fourth-order valence-corrected chi connectivity index (χ4v) is 1.82. The van der Waals surface area contributed by atoms with Crippen molar-refractivity contribution in [2.24, 2.45) is 0 Å². The average Bonchev–Trinajstić information content (AvgIpc) is 2.25. The summed E-state index contributed by atoms with van der Waals surface area (Å²) in [4.78, 5) is 0. The molecule has 90 valence electrons. The van der Waals surface area contributed by atoms with Gasteiger partial charge in [-0.3, -0.25) is 0 Å². The van der Waals surface area contributed by atoms with Gasteiger partial charge in [-0.1, -0.05) is 39.0 Å². The third-order valence-electron chi connectivity index (χ3n) is 2.72. The highest BCUT2D eigenvalue weighted by molar-refractivity contribution is 5.57. The van der Waals surface area contributed by atoms with E-state index in [9.17, 15) is 0 Å². The maximum absolute atomic E-state index is 3.53. The minimum absolute atomic E-state index is 0.560. The van der Waals surface area contributed by atoms with E-state index in [-0.39, 0.29) is 0 Å². The molecule has 0 heterocycles. The number of rotatable bonds is 6. The van der Waals surface area contributed by atoms with E-state index in [1.165, 1.54) is 16.8 Å². The number of para-hydroxylation sites is 1. The molecule has 0 saturated heterocycles. The van der Waals surface area contributed by atoms with Gasteiger partial charge >= 0.3 is 0 Å². The van der Waals surface area contributed by atoms with Crippen molar-refractivity contribution in [2.45, 2.75) is 40.2 Å². The molecule has 2 nitrogen and oxygen atoms in total. The molecule has 0 unspecified atom stereocenters. The third kappa shape index (κ3) is 3.86. The Hall–Kier alpha value is -1.02. The topological polar surface area (TPSA) is 24.1 Å². The molecule has 0 aliphatic rings. The zero-order chi connectivity index (χ0) is 12.0. The van der Waals surface area contributed by atoms with Crippen molar-refractivity contribution < 1.29 is 0 Å². The molecule has 1 aromatic carbocycles. The maximum atomic E-state index is 3.53. The van der Waals surface area contributed by atoms with Crippen LogP contribution in [0.2, 0.25) is 0 Å². The largest absolute Gasteiger partial charge is 0.383 e. The molecule has 16 heavy (non-hydrogen) atoms. The van der Waals surface area contributed by atoms with Crippen molar-refractivity contribution in [3.63, 3.8) is 0 Å². The van der Waals surface area contributed by atoms with Crippen LogP contribution in [0.25, 0.3) is 0 Å². The summed E-state index contributed by atoms with van der Waals surface area (Å²) < 4.78 is 0. The molecule has 0 fully saturated rings. The van der Waals surface area contributed by atoms with Crippen molar-refractivity contribution >= 4 is 5.69 Å². The highest BCUT2D eigenvalue weighted by Crippen LogP contribution is 2.20. The molecule has 0 amide bonds. The molecular weight excluding hydrogens is 196 g/mol. The van der Waals surface area contributed by atoms with Crippen LogP contribution in [-0.2, 0) is 6.42 Å². The molecule has 0 spiro atoms. The lowest BCUT2D eigenvalue weighted by atomic mass is 10.1. The molecular formula is C14H24N2. The van der Waals surface area contributed by atoms with Crippen LogP contribution in [0.1, 0.15) is 31.9 Å². The first-order valence-electron chi connectivity index (χ1n) is 6.21. The zero-order valence-electron chi connectivity index (χ0n) is 10.9. The summed E-state index contributed by atoms with van der Waals surface area (Å²) in [6, 6.07) is 7.05. The lowest BCUT2D eigenvalue weighted by Gasteiger charge is -2.15. The second kappa shape index (κ2) is 6.54. The summed E-state index contributed by atoms with van der Waals surface area (Å²) in [5.74, 6) is 0. The number of anilines is 1. The second-order valence-corrected chi connectivity index (χ2v) is 4.50. The lowest BCUT2D eigenvalue weighted by Crippen LogP contribution is -2.28. The fourth-order valence-electron chi connectivity index (χ4n) is 1.82. The number of hydrogen-bond acceptors (Lipinski definition) is 2. The van der Waals surface area contributed by atoms with Gasteiger partial charge in [0.2, 0.25) is 0 Å². The van der Waals surface area contributed by atoms with E-state index in [1.807, 2.05) is 0 Å². The summed E-state index contributed by atoms with van der Waals surface area (Å²) in [5, 5.41) is 6.94. The lowest BCUT2D eigenvalue weighted by molar-refractivity contribution is 0.602. The minimum Gasteiger partial charge on any atom is -0.383 e. The fraction of sp³-hybridized carbons (Fsp3) is 0.571. The van der Waals surface area contributed by atoms with Crippen molar-refractivity contribution in [1.29, 1.82) is 0 Å². The molecule has 0 aliphatic carbocycles. The van der Waals surface area contributed by atoms with Gasteiger partial charge in [0.05, 0.1) is 0 Å². The predicted octanol–water partition coefficient (Wildman–Crippen LogP) is 2.97. The normalized spacial score (nSPS) is 10.8. The highest BCUT2D eigenvalue weighted by Gasteiger charge is 2.02. The zero-order valence-corrected chi connectivity index (χ0v) is 10.9. The molecule has 0 aromatic heterocycles. The second-order valence-electron chi connectivity index (χ2n) is 4.50. The summed E-state index contributed by atoms with van der Waals surface area (Å²) in [6.45, 7) is 10.7. The van der Waals surface area contributed by atoms with Crippen LogP contribution >= 0.6 is 0 Å². The Labute approximate surface area is 99.5 Å². The van der Waals surface area contributed by atoms with Gasteiger partial charge in [-0.15, -0.1) is 0 Å². The number of hydrogen-bond donors (Lipinski definition) is 2. The van der Waals surface area contributed by atoms with Crippen molar-refractivity contribution in [2.75, 3.05) is 18.4 Å². The molecule has 2 N–H and O–H groups in total. The summed E-state index contributed by atoms with van der Waals surface area (Å²) in [6.07, 6.45) is 1.08. The van der Waals surface area contributed by atoms with Crippen LogP contribution in [0.3, 0.4) is 0 Å². The van der Waals surface area contributed by atoms with E-state index in [0.717, 1.165) is 19.5 Å². The van der Waals surface area contributed by atoms with Crippen LogP contribution in [0.15, 0.2) is 18.2 Å². The van der Waals surface area contributed by atoms with Gasteiger partial charge in [0.1, 0.15) is 0 Å². The van der Waals surface area contributed by atoms with Gasteiger partial charge in [0.25, 0.3) is 0 Å². The Balaban J connectivity index is 2.52. The molecule has 0 radical (unpaired) electrons. The quantitative estimate of drug-likeness (QED) is 0.720. The van der Waals surface area contributed by atoms with Gasteiger partial charge < -0.3 is 10.6 Å². The van der Waals surface area contributed by atoms with Crippen molar-refractivity contribution in [3.05, 3.63) is 29.3 Å². The van der Waals surface area contributed by atoms with Gasteiger partial charge in [-0.2, -0.15) is 0 Å². The summed E-state index contributed by atoms with van der Waals surface area (Å²) >= 11 is 0. The SMILES string of the molecule is CCc1cccc(C)c1NCCNC(C)C. The van der Waals surface area contributed by atoms with Crippen LogP contribution in [0.5, 0.6) is 0 Å². The highest BCUT2D eigenvalue weighted by atomic mass is 15.0. The smallest absolute Gasteiger partial charge is 0.0402 e. The predicted molar refractivity (Wildman–Crippen MR) is 72.2 cm³/mol. The van der Waals surface area contributed by atoms with E-state index in [0.29, 0.717) is 6.04 Å². The summed E-state index contributed by atoms with van der Waals surface area (Å²) in [5.41, 5.74) is 4.06. The molecule has 0 bridgehead atoms. The first-order valence-corrected chi connectivity index (χ1v) is 6.21. The van der Waals surface area contributed by atoms with Crippen molar-refractivity contribution in [1.82, 2.24) is 5.32 Å². The third-order valence-corrected chi connectivity index (χ3v) is 2.72. The number of nitrogens with one attached hydrogen (secondary N) is 2. The van der Waals surface area contributed by atoms with Crippen molar-refractivity contribution in [3.8, 4) is 0 Å². The standard InChI is InChI=1S/C14H24N2/c1-5-13-8-6-7-12(4)14(13)16-10-9-15-11(2)3/h6-8,11,15-16H,5,9-10H2,1-4H3. The van der Waals surface area contributed by atoms with E-state index in [2.05, 4.69) is 56.5 Å². The monoisotopic (exact) mass is 220 g/mol. The number of aryl methyl sites for hydroxylation is 2. The van der Waals surface area contributed by atoms with Gasteiger partial charge in [0.15, 0.2) is 0 Å². The van der Waals surface area contributed by atoms with Gasteiger partial charge in [0, 0.05) is 24.8 Å². The van der Waals surface area contributed by atoms with Crippen LogP contribution in [0.4, 0.5) is 5.69 Å². The Morgan fingerprint density at radius 3 is 2.56 bits per heavy atom. The van der Waals surface area contributed by atoms with Crippen LogP contribution < -0.4 is 10.6 Å². The van der Waals surface area contributed by atoms with E-state index >= 15 is 0 Å². The molecule has 0 saturated carbocycles. The average molecular weight is 220 g/mol. The number of benzene rings is 1. The Morgan fingerprint density at radius 1 is 1.19 bits per heavy atom. The van der Waals surface area contributed by atoms with Crippen LogP contribution in [0, 0.1) is 6.92 Å².